The van der Waals surface area contributed by atoms with Crippen LogP contribution in [0.4, 0.5) is 11.6 Å². The minimum atomic E-state index is 0.112. The summed E-state index contributed by atoms with van der Waals surface area (Å²) < 4.78 is 4.92. The van der Waals surface area contributed by atoms with Gasteiger partial charge in [-0.15, -0.1) is 0 Å². The van der Waals surface area contributed by atoms with Crippen LogP contribution in [0.3, 0.4) is 0 Å². The van der Waals surface area contributed by atoms with E-state index in [1.165, 1.54) is 0 Å². The van der Waals surface area contributed by atoms with E-state index in [1.54, 1.807) is 0 Å². The van der Waals surface area contributed by atoms with Crippen LogP contribution < -0.4 is 11.5 Å². The number of hydrogen-bond acceptors (Lipinski definition) is 5. The number of benzene rings is 1. The van der Waals surface area contributed by atoms with E-state index in [0.717, 1.165) is 5.56 Å². The van der Waals surface area contributed by atoms with Crippen LogP contribution in [0.15, 0.2) is 22.7 Å². The SMILES string of the molecule is Cc1cccc(-c2nc(N)no2)c1N. The summed E-state index contributed by atoms with van der Waals surface area (Å²) >= 11 is 0. The molecule has 1 heterocycles. The number of rotatable bonds is 1. The zero-order valence-corrected chi connectivity index (χ0v) is 7.69. The van der Waals surface area contributed by atoms with Crippen LogP contribution in [0.2, 0.25) is 0 Å². The number of aryl methyl sites for hydroxylation is 1. The summed E-state index contributed by atoms with van der Waals surface area (Å²) in [6.07, 6.45) is 0. The number of hydrogen-bond donors (Lipinski definition) is 2. The monoisotopic (exact) mass is 190 g/mol. The van der Waals surface area contributed by atoms with E-state index in [-0.39, 0.29) is 5.95 Å². The molecule has 4 N–H and O–H groups in total. The molecule has 1 aromatic heterocycles. The highest BCUT2D eigenvalue weighted by molar-refractivity contribution is 5.73. The highest BCUT2D eigenvalue weighted by Gasteiger charge is 2.10. The molecule has 0 atom stereocenters. The predicted octanol–water partition coefficient (Wildman–Crippen LogP) is 1.21. The second-order valence-corrected chi connectivity index (χ2v) is 2.99. The number of nitrogens with zero attached hydrogens (tertiary/aromatic N) is 2. The molecular weight excluding hydrogens is 180 g/mol. The van der Waals surface area contributed by atoms with Crippen LogP contribution in [0.25, 0.3) is 11.5 Å². The lowest BCUT2D eigenvalue weighted by molar-refractivity contribution is 0.433. The Balaban J connectivity index is 2.57. The summed E-state index contributed by atoms with van der Waals surface area (Å²) in [5.41, 5.74) is 13.5. The molecule has 2 rings (SSSR count). The molecule has 0 saturated heterocycles. The average Bonchev–Trinajstić information content (AvgIpc) is 2.57. The molecule has 0 saturated carbocycles. The molecule has 0 fully saturated rings. The Bertz CT molecular complexity index is 464. The molecule has 0 aliphatic heterocycles. The van der Waals surface area contributed by atoms with E-state index in [1.807, 2.05) is 25.1 Å². The first-order chi connectivity index (χ1) is 6.68. The van der Waals surface area contributed by atoms with Gasteiger partial charge in [0.1, 0.15) is 0 Å². The molecule has 0 radical (unpaired) electrons. The second kappa shape index (κ2) is 3.02. The molecule has 0 aliphatic carbocycles. The Morgan fingerprint density at radius 3 is 2.71 bits per heavy atom. The smallest absolute Gasteiger partial charge is 0.261 e. The van der Waals surface area contributed by atoms with Gasteiger partial charge in [0.15, 0.2) is 0 Å². The molecular formula is C9H10N4O. The van der Waals surface area contributed by atoms with Crippen molar-refractivity contribution >= 4 is 11.6 Å². The standard InChI is InChI=1S/C9H10N4O/c1-5-3-2-4-6(7(5)10)8-12-9(11)13-14-8/h2-4H,10H2,1H3,(H2,11,13). The lowest BCUT2D eigenvalue weighted by atomic mass is 10.1. The number of nitrogen functional groups attached to an aromatic ring is 2. The maximum Gasteiger partial charge on any atom is 0.261 e. The van der Waals surface area contributed by atoms with Crippen molar-refractivity contribution in [3.63, 3.8) is 0 Å². The Labute approximate surface area is 80.7 Å². The summed E-state index contributed by atoms with van der Waals surface area (Å²) in [5.74, 6) is 0.463. The molecule has 0 spiro atoms. The first-order valence-electron chi connectivity index (χ1n) is 4.13. The Kier molecular flexibility index (Phi) is 1.85. The lowest BCUT2D eigenvalue weighted by Gasteiger charge is -2.02. The minimum Gasteiger partial charge on any atom is -0.398 e. The van der Waals surface area contributed by atoms with Crippen LogP contribution in [0, 0.1) is 6.92 Å². The van der Waals surface area contributed by atoms with Gasteiger partial charge in [-0.1, -0.05) is 12.1 Å². The fourth-order valence-corrected chi connectivity index (χ4v) is 1.21. The number of aromatic nitrogens is 2. The van der Waals surface area contributed by atoms with Crippen molar-refractivity contribution in [3.05, 3.63) is 23.8 Å². The Morgan fingerprint density at radius 2 is 2.07 bits per heavy atom. The van der Waals surface area contributed by atoms with Gasteiger partial charge in [-0.3, -0.25) is 0 Å². The predicted molar refractivity (Wildman–Crippen MR) is 53.3 cm³/mol. The van der Waals surface area contributed by atoms with Crippen LogP contribution in [0.5, 0.6) is 0 Å². The molecule has 5 nitrogen and oxygen atoms in total. The van der Waals surface area contributed by atoms with E-state index in [2.05, 4.69) is 10.1 Å². The Hall–Kier alpha value is -2.04. The van der Waals surface area contributed by atoms with E-state index in [0.29, 0.717) is 17.1 Å². The summed E-state index contributed by atoms with van der Waals surface area (Å²) in [6.45, 7) is 1.92. The summed E-state index contributed by atoms with van der Waals surface area (Å²) in [7, 11) is 0. The minimum absolute atomic E-state index is 0.112. The van der Waals surface area contributed by atoms with Gasteiger partial charge in [-0.05, 0) is 23.7 Å². The summed E-state index contributed by atoms with van der Waals surface area (Å²) in [4.78, 5) is 3.90. The zero-order valence-electron chi connectivity index (χ0n) is 7.69. The van der Waals surface area contributed by atoms with Gasteiger partial charge in [0.05, 0.1) is 5.56 Å². The summed E-state index contributed by atoms with van der Waals surface area (Å²) in [6, 6.07) is 5.61. The normalized spacial score (nSPS) is 10.4. The van der Waals surface area contributed by atoms with E-state index in [4.69, 9.17) is 16.0 Å². The van der Waals surface area contributed by atoms with Crippen molar-refractivity contribution in [3.8, 4) is 11.5 Å². The van der Waals surface area contributed by atoms with Crippen LogP contribution in [-0.4, -0.2) is 10.1 Å². The lowest BCUT2D eigenvalue weighted by Crippen LogP contribution is -1.93. The molecule has 0 bridgehead atoms. The van der Waals surface area contributed by atoms with Crippen LogP contribution in [-0.2, 0) is 0 Å². The fourth-order valence-electron chi connectivity index (χ4n) is 1.21. The second-order valence-electron chi connectivity index (χ2n) is 2.99. The number of nitrogens with two attached hydrogens (primary N) is 2. The van der Waals surface area contributed by atoms with Crippen molar-refractivity contribution in [2.24, 2.45) is 0 Å². The van der Waals surface area contributed by atoms with Crippen molar-refractivity contribution < 1.29 is 4.52 Å². The molecule has 0 aliphatic rings. The van der Waals surface area contributed by atoms with Gasteiger partial charge in [-0.2, -0.15) is 4.98 Å². The Morgan fingerprint density at radius 1 is 1.29 bits per heavy atom. The maximum absolute atomic E-state index is 5.86. The molecule has 2 aromatic rings. The highest BCUT2D eigenvalue weighted by Crippen LogP contribution is 2.26. The van der Waals surface area contributed by atoms with Gasteiger partial charge in [0.25, 0.3) is 11.8 Å². The van der Waals surface area contributed by atoms with Crippen molar-refractivity contribution in [1.82, 2.24) is 10.1 Å². The van der Waals surface area contributed by atoms with Gasteiger partial charge in [0, 0.05) is 5.69 Å². The van der Waals surface area contributed by atoms with Crippen molar-refractivity contribution in [2.75, 3.05) is 11.5 Å². The first-order valence-corrected chi connectivity index (χ1v) is 4.13. The highest BCUT2D eigenvalue weighted by atomic mass is 16.5. The van der Waals surface area contributed by atoms with E-state index < -0.39 is 0 Å². The average molecular weight is 190 g/mol. The van der Waals surface area contributed by atoms with Gasteiger partial charge in [-0.25, -0.2) is 0 Å². The third-order valence-electron chi connectivity index (χ3n) is 2.00. The summed E-state index contributed by atoms with van der Waals surface area (Å²) in [5, 5.41) is 3.50. The van der Waals surface area contributed by atoms with Crippen molar-refractivity contribution in [1.29, 1.82) is 0 Å². The zero-order chi connectivity index (χ0) is 10.1. The van der Waals surface area contributed by atoms with Gasteiger partial charge in [0.2, 0.25) is 0 Å². The number of anilines is 2. The van der Waals surface area contributed by atoms with E-state index in [9.17, 15) is 0 Å². The number of para-hydroxylation sites is 1. The fraction of sp³-hybridized carbons (Fsp3) is 0.111. The largest absolute Gasteiger partial charge is 0.398 e. The van der Waals surface area contributed by atoms with Gasteiger partial charge < -0.3 is 16.0 Å². The van der Waals surface area contributed by atoms with Gasteiger partial charge >= 0.3 is 0 Å². The molecule has 0 unspecified atom stereocenters. The molecule has 14 heavy (non-hydrogen) atoms. The topological polar surface area (TPSA) is 91.0 Å². The molecule has 72 valence electrons. The first kappa shape index (κ1) is 8.55. The molecule has 0 amide bonds. The maximum atomic E-state index is 5.86. The quantitative estimate of drug-likeness (QED) is 0.659. The molecule has 5 heteroatoms. The third kappa shape index (κ3) is 1.28. The van der Waals surface area contributed by atoms with Crippen LogP contribution >= 0.6 is 0 Å². The van der Waals surface area contributed by atoms with Crippen LogP contribution in [0.1, 0.15) is 5.56 Å². The molecule has 1 aromatic carbocycles. The van der Waals surface area contributed by atoms with Crippen molar-refractivity contribution in [2.45, 2.75) is 6.92 Å². The van der Waals surface area contributed by atoms with E-state index >= 15 is 0 Å². The third-order valence-corrected chi connectivity index (χ3v) is 2.00.